The number of hydrogen-bond donors (Lipinski definition) is 4. The van der Waals surface area contributed by atoms with E-state index in [9.17, 15) is 31.1 Å². The van der Waals surface area contributed by atoms with E-state index in [0.29, 0.717) is 54.6 Å². The Bertz CT molecular complexity index is 1710. The van der Waals surface area contributed by atoms with Crippen LogP contribution < -0.4 is 5.73 Å². The summed E-state index contributed by atoms with van der Waals surface area (Å²) in [4.78, 5) is 48.9. The number of halogens is 7. The average Bonchev–Trinajstić information content (AvgIpc) is 3.65. The number of nitrogens with two attached hydrogens (primary N) is 1. The van der Waals surface area contributed by atoms with Crippen LogP contribution in [-0.2, 0) is 32.2 Å². The van der Waals surface area contributed by atoms with Gasteiger partial charge in [0.1, 0.15) is 24.0 Å². The second kappa shape index (κ2) is 16.0. The number of carboxylic acid groups (broad SMARTS) is 2. The van der Waals surface area contributed by atoms with Crippen molar-refractivity contribution in [1.29, 1.82) is 0 Å². The van der Waals surface area contributed by atoms with E-state index in [-0.39, 0.29) is 5.91 Å². The van der Waals surface area contributed by atoms with Crippen LogP contribution in [0, 0.1) is 0 Å². The first-order chi connectivity index (χ1) is 22.4. The molecule has 1 atom stereocenters. The zero-order chi connectivity index (χ0) is 35.8. The highest BCUT2D eigenvalue weighted by atomic mass is 35.5. The highest BCUT2D eigenvalue weighted by Crippen LogP contribution is 2.29. The van der Waals surface area contributed by atoms with Crippen molar-refractivity contribution in [3.63, 3.8) is 0 Å². The number of benzene rings is 1. The van der Waals surface area contributed by atoms with Crippen LogP contribution in [-0.4, -0.2) is 108 Å². The van der Waals surface area contributed by atoms with Crippen molar-refractivity contribution >= 4 is 57.5 Å². The van der Waals surface area contributed by atoms with Crippen LogP contribution in [0.15, 0.2) is 36.7 Å². The fourth-order valence-corrected chi connectivity index (χ4v) is 5.09. The quantitative estimate of drug-likeness (QED) is 0.201. The van der Waals surface area contributed by atoms with Gasteiger partial charge in [-0.2, -0.15) is 31.4 Å². The van der Waals surface area contributed by atoms with Gasteiger partial charge in [0.25, 0.3) is 0 Å². The molecule has 0 aliphatic carbocycles. The van der Waals surface area contributed by atoms with Gasteiger partial charge < -0.3 is 25.6 Å². The summed E-state index contributed by atoms with van der Waals surface area (Å²) < 4.78 is 69.5. The molecule has 1 aromatic carbocycles. The molecule has 5 rings (SSSR count). The van der Waals surface area contributed by atoms with Crippen molar-refractivity contribution in [2.24, 2.45) is 0 Å². The fraction of sp³-hybridized carbons (Fsp3) is 0.346. The van der Waals surface area contributed by atoms with Crippen LogP contribution in [0.1, 0.15) is 11.4 Å². The van der Waals surface area contributed by atoms with Crippen molar-refractivity contribution in [1.82, 2.24) is 34.9 Å². The number of anilines is 1. The number of methoxy groups -OCH3 is 1. The van der Waals surface area contributed by atoms with E-state index in [1.165, 1.54) is 17.7 Å². The Morgan fingerprint density at radius 2 is 1.71 bits per heavy atom. The lowest BCUT2D eigenvalue weighted by atomic mass is 10.1. The number of thiophene rings is 1. The Kier molecular flexibility index (Phi) is 12.6. The first kappa shape index (κ1) is 37.9. The van der Waals surface area contributed by atoms with Crippen LogP contribution in [0.2, 0.25) is 4.34 Å². The molecule has 0 radical (unpaired) electrons. The number of carbonyl (C=O) groups is 3. The van der Waals surface area contributed by atoms with Gasteiger partial charge in [0.2, 0.25) is 5.91 Å². The van der Waals surface area contributed by atoms with Gasteiger partial charge in [0.15, 0.2) is 5.82 Å². The molecule has 1 fully saturated rings. The van der Waals surface area contributed by atoms with Crippen LogP contribution in [0.25, 0.3) is 21.6 Å². The molecule has 3 aromatic heterocycles. The summed E-state index contributed by atoms with van der Waals surface area (Å²) in [5.74, 6) is -3.77. The van der Waals surface area contributed by atoms with E-state index in [4.69, 9.17) is 41.9 Å². The molecular formula is C26H25ClF6N8O6S. The molecule has 0 saturated carbocycles. The van der Waals surface area contributed by atoms with Gasteiger partial charge in [-0.1, -0.05) is 17.7 Å². The molecule has 0 unspecified atom stereocenters. The number of nitrogens with zero attached hydrogens (tertiary/aromatic N) is 6. The number of aliphatic carboxylic acids is 2. The predicted octanol–water partition coefficient (Wildman–Crippen LogP) is 3.84. The number of nitrogens with one attached hydrogen (secondary N) is 1. The average molecular weight is 727 g/mol. The van der Waals surface area contributed by atoms with Crippen LogP contribution in [0.4, 0.5) is 32.2 Å². The molecule has 22 heteroatoms. The zero-order valence-electron chi connectivity index (χ0n) is 24.4. The minimum Gasteiger partial charge on any atom is -0.475 e. The number of carboxylic acids is 2. The molecule has 4 aromatic rings. The second-order valence-corrected chi connectivity index (χ2v) is 11.3. The predicted molar refractivity (Wildman–Crippen MR) is 158 cm³/mol. The maximum absolute atomic E-state index is 13.4. The summed E-state index contributed by atoms with van der Waals surface area (Å²) in [6, 6.07) is 9.10. The summed E-state index contributed by atoms with van der Waals surface area (Å²) >= 11 is 7.45. The van der Waals surface area contributed by atoms with Gasteiger partial charge in [-0.25, -0.2) is 24.5 Å². The molecule has 1 saturated heterocycles. The van der Waals surface area contributed by atoms with Crippen LogP contribution >= 0.6 is 22.9 Å². The molecule has 1 aliphatic rings. The highest BCUT2D eigenvalue weighted by molar-refractivity contribution is 7.19. The lowest BCUT2D eigenvalue weighted by Gasteiger charge is -2.40. The number of aromatic amines is 1. The number of aromatic nitrogens is 5. The Balaban J connectivity index is 0.000000376. The van der Waals surface area contributed by atoms with E-state index < -0.39 is 30.3 Å². The molecule has 48 heavy (non-hydrogen) atoms. The smallest absolute Gasteiger partial charge is 0.475 e. The maximum atomic E-state index is 13.4. The summed E-state index contributed by atoms with van der Waals surface area (Å²) in [7, 11) is 1.60. The van der Waals surface area contributed by atoms with Gasteiger partial charge in [0.05, 0.1) is 27.9 Å². The molecule has 4 heterocycles. The maximum Gasteiger partial charge on any atom is 0.490 e. The number of alkyl halides is 6. The number of carbonyl (C=O) groups excluding carboxylic acids is 1. The second-order valence-electron chi connectivity index (χ2n) is 9.63. The molecule has 5 N–H and O–H groups in total. The number of piperazine rings is 1. The third-order valence-corrected chi connectivity index (χ3v) is 7.51. The van der Waals surface area contributed by atoms with E-state index in [2.05, 4.69) is 30.0 Å². The number of hydrogen-bond acceptors (Lipinski definition) is 11. The number of fused-ring (bicyclic) bond motifs is 1. The standard InChI is InChI=1S/C22H23ClN8O2S.2C2HF3O2/c1-33-11-16-22(32)31(9-13-2-3-14-15(8-13)25-12-26-20(14)24)7-6-30(16)10-19-27-21(29-28-19)17-4-5-18(23)34-17;2*3-2(4,5)1(6)7/h2-5,8,12,16H,6-7,9-11H2,1H3,(H2,24,25,26)(H,27,28,29);2*(H,6,7)/t16-;;/m0../s1. The molecule has 260 valence electrons. The summed E-state index contributed by atoms with van der Waals surface area (Å²) in [6.07, 6.45) is -8.72. The lowest BCUT2D eigenvalue weighted by Crippen LogP contribution is -2.57. The molecule has 1 aliphatic heterocycles. The third-order valence-electron chi connectivity index (χ3n) is 6.29. The molecule has 1 amide bonds. The monoisotopic (exact) mass is 726 g/mol. The molecule has 0 spiro atoms. The number of H-pyrrole nitrogens is 1. The van der Waals surface area contributed by atoms with Crippen molar-refractivity contribution in [2.75, 3.05) is 32.5 Å². The van der Waals surface area contributed by atoms with E-state index in [1.54, 1.807) is 7.11 Å². The third kappa shape index (κ3) is 10.5. The van der Waals surface area contributed by atoms with E-state index in [0.717, 1.165) is 21.3 Å². The Hall–Kier alpha value is -4.60. The summed E-state index contributed by atoms with van der Waals surface area (Å²) in [5, 5.41) is 22.3. The minimum absolute atomic E-state index is 0.0141. The number of nitrogen functional groups attached to an aromatic ring is 1. The van der Waals surface area contributed by atoms with Gasteiger partial charge >= 0.3 is 24.3 Å². The van der Waals surface area contributed by atoms with Crippen molar-refractivity contribution < 1.29 is 55.7 Å². The Labute approximate surface area is 275 Å². The van der Waals surface area contributed by atoms with Crippen molar-refractivity contribution in [3.05, 3.63) is 52.4 Å². The molecule has 0 bridgehead atoms. The Morgan fingerprint density at radius 1 is 1.06 bits per heavy atom. The van der Waals surface area contributed by atoms with Crippen molar-refractivity contribution in [3.8, 4) is 10.7 Å². The number of ether oxygens (including phenoxy) is 1. The van der Waals surface area contributed by atoms with Gasteiger partial charge in [-0.05, 0) is 29.8 Å². The van der Waals surface area contributed by atoms with Crippen molar-refractivity contribution in [2.45, 2.75) is 31.5 Å². The van der Waals surface area contributed by atoms with Gasteiger partial charge in [0, 0.05) is 32.1 Å². The van der Waals surface area contributed by atoms with Crippen LogP contribution in [0.5, 0.6) is 0 Å². The largest absolute Gasteiger partial charge is 0.490 e. The first-order valence-corrected chi connectivity index (χ1v) is 14.4. The SMILES string of the molecule is COC[C@H]1C(=O)N(Cc2ccc3c(N)ncnc3c2)CCN1Cc1nc(-c2ccc(Cl)s2)n[nH]1.O=C(O)C(F)(F)F.O=C(O)C(F)(F)F. The zero-order valence-corrected chi connectivity index (χ0v) is 26.0. The number of rotatable bonds is 7. The van der Waals surface area contributed by atoms with E-state index >= 15 is 0 Å². The fourth-order valence-electron chi connectivity index (χ4n) is 4.11. The first-order valence-electron chi connectivity index (χ1n) is 13.2. The number of amides is 1. The Morgan fingerprint density at radius 3 is 2.27 bits per heavy atom. The van der Waals surface area contributed by atoms with Gasteiger partial charge in [-0.3, -0.25) is 14.8 Å². The summed E-state index contributed by atoms with van der Waals surface area (Å²) in [6.45, 7) is 2.51. The van der Waals surface area contributed by atoms with Gasteiger partial charge in [-0.15, -0.1) is 11.3 Å². The molecule has 14 nitrogen and oxygen atoms in total. The molecular weight excluding hydrogens is 702 g/mol. The topological polar surface area (TPSA) is 201 Å². The highest BCUT2D eigenvalue weighted by Gasteiger charge is 2.39. The van der Waals surface area contributed by atoms with Crippen LogP contribution in [0.3, 0.4) is 0 Å². The lowest BCUT2D eigenvalue weighted by molar-refractivity contribution is -0.193. The normalized spacial score (nSPS) is 15.4. The summed E-state index contributed by atoms with van der Waals surface area (Å²) in [5.41, 5.74) is 7.67. The van der Waals surface area contributed by atoms with E-state index in [1.807, 2.05) is 35.2 Å². The minimum atomic E-state index is -5.08.